The highest BCUT2D eigenvalue weighted by molar-refractivity contribution is 6.30. The number of nitrogens with zero attached hydrogens (tertiary/aromatic N) is 2. The number of rotatable bonds is 4. The van der Waals surface area contributed by atoms with Crippen LogP contribution in [0.2, 0.25) is 5.02 Å². The molecule has 1 N–H and O–H groups in total. The molecule has 0 unspecified atom stereocenters. The molecule has 0 radical (unpaired) electrons. The monoisotopic (exact) mass is 361 g/mol. The van der Waals surface area contributed by atoms with Gasteiger partial charge in [0.05, 0.1) is 17.4 Å². The van der Waals surface area contributed by atoms with Crippen molar-refractivity contribution in [3.63, 3.8) is 0 Å². The van der Waals surface area contributed by atoms with Gasteiger partial charge in [-0.15, -0.1) is 0 Å². The lowest BCUT2D eigenvalue weighted by molar-refractivity contribution is -0.116. The number of amides is 1. The highest BCUT2D eigenvalue weighted by Crippen LogP contribution is 2.25. The van der Waals surface area contributed by atoms with Crippen molar-refractivity contribution in [1.29, 1.82) is 0 Å². The molecule has 4 rings (SSSR count). The minimum absolute atomic E-state index is 0.101. The molecule has 3 aromatic carbocycles. The molecule has 0 aliphatic carbocycles. The Labute approximate surface area is 156 Å². The van der Waals surface area contributed by atoms with Gasteiger partial charge in [-0.2, -0.15) is 0 Å². The molecule has 26 heavy (non-hydrogen) atoms. The molecule has 0 fully saturated rings. The number of aromatic nitrogens is 2. The van der Waals surface area contributed by atoms with Crippen LogP contribution < -0.4 is 5.32 Å². The number of carbonyl (C=O) groups excluding carboxylic acids is 1. The van der Waals surface area contributed by atoms with E-state index in [-0.39, 0.29) is 12.5 Å². The lowest BCUT2D eigenvalue weighted by atomic mass is 10.1. The first-order chi connectivity index (χ1) is 12.7. The van der Waals surface area contributed by atoms with E-state index in [1.807, 2.05) is 77.4 Å². The molecular weight excluding hydrogens is 346 g/mol. The van der Waals surface area contributed by atoms with Crippen molar-refractivity contribution in [2.75, 3.05) is 5.32 Å². The van der Waals surface area contributed by atoms with Crippen molar-refractivity contribution >= 4 is 34.2 Å². The normalized spacial score (nSPS) is 10.8. The van der Waals surface area contributed by atoms with Crippen molar-refractivity contribution in [2.45, 2.75) is 6.54 Å². The zero-order valence-corrected chi connectivity index (χ0v) is 14.6. The molecule has 1 amide bonds. The minimum atomic E-state index is -0.101. The molecule has 0 aliphatic rings. The quantitative estimate of drug-likeness (QED) is 0.556. The highest BCUT2D eigenvalue weighted by atomic mass is 35.5. The van der Waals surface area contributed by atoms with Crippen LogP contribution in [0.25, 0.3) is 22.2 Å². The predicted octanol–water partition coefficient (Wildman–Crippen LogP) is 5.00. The smallest absolute Gasteiger partial charge is 0.244 e. The molecule has 4 nitrogen and oxygen atoms in total. The number of benzene rings is 3. The van der Waals surface area contributed by atoms with E-state index < -0.39 is 0 Å². The van der Waals surface area contributed by atoms with E-state index in [4.69, 9.17) is 11.6 Å². The summed E-state index contributed by atoms with van der Waals surface area (Å²) < 4.78 is 1.84. The summed E-state index contributed by atoms with van der Waals surface area (Å²) in [4.78, 5) is 16.8. The molecule has 0 saturated carbocycles. The third-order valence-electron chi connectivity index (χ3n) is 4.15. The van der Waals surface area contributed by atoms with Gasteiger partial charge in [-0.05, 0) is 47.5 Å². The van der Waals surface area contributed by atoms with Crippen LogP contribution in [0.4, 0.5) is 5.69 Å². The van der Waals surface area contributed by atoms with Crippen LogP contribution in [-0.4, -0.2) is 15.5 Å². The summed E-state index contributed by atoms with van der Waals surface area (Å²) >= 11 is 6.07. The second kappa shape index (κ2) is 7.02. The number of fused-ring (bicyclic) bond motifs is 1. The molecule has 128 valence electrons. The topological polar surface area (TPSA) is 46.9 Å². The number of para-hydroxylation sites is 2. The first kappa shape index (κ1) is 16.4. The Morgan fingerprint density at radius 3 is 2.58 bits per heavy atom. The Kier molecular flexibility index (Phi) is 4.42. The van der Waals surface area contributed by atoms with Gasteiger partial charge in [-0.1, -0.05) is 48.0 Å². The van der Waals surface area contributed by atoms with Crippen molar-refractivity contribution in [2.24, 2.45) is 0 Å². The van der Waals surface area contributed by atoms with E-state index in [9.17, 15) is 4.79 Å². The number of carbonyl (C=O) groups is 1. The van der Waals surface area contributed by atoms with Crippen molar-refractivity contribution in [3.05, 3.63) is 84.1 Å². The van der Waals surface area contributed by atoms with Crippen molar-refractivity contribution in [3.8, 4) is 11.1 Å². The van der Waals surface area contributed by atoms with E-state index in [0.29, 0.717) is 5.02 Å². The SMILES string of the molecule is O=C(Cn1cnc2ccccc21)Nc1cccc(-c2cccc(Cl)c2)c1. The Bertz CT molecular complexity index is 1090. The molecule has 0 spiro atoms. The first-order valence-corrected chi connectivity index (χ1v) is 8.62. The lowest BCUT2D eigenvalue weighted by Crippen LogP contribution is -2.18. The van der Waals surface area contributed by atoms with Crippen molar-refractivity contribution in [1.82, 2.24) is 9.55 Å². The second-order valence-electron chi connectivity index (χ2n) is 6.00. The standard InChI is InChI=1S/C21H16ClN3O/c22-17-7-3-5-15(11-17)16-6-4-8-18(12-16)24-21(26)13-25-14-23-19-9-1-2-10-20(19)25/h1-12,14H,13H2,(H,24,26). The molecule has 0 atom stereocenters. The van der Waals surface area contributed by atoms with Crippen molar-refractivity contribution < 1.29 is 4.79 Å². The van der Waals surface area contributed by atoms with Gasteiger partial charge in [0, 0.05) is 10.7 Å². The number of imidazole rings is 1. The summed E-state index contributed by atoms with van der Waals surface area (Å²) in [5, 5.41) is 3.63. The largest absolute Gasteiger partial charge is 0.325 e. The van der Waals surface area contributed by atoms with Gasteiger partial charge < -0.3 is 9.88 Å². The Hall–Kier alpha value is -3.11. The second-order valence-corrected chi connectivity index (χ2v) is 6.44. The molecule has 0 aliphatic heterocycles. The zero-order valence-electron chi connectivity index (χ0n) is 13.9. The van der Waals surface area contributed by atoms with Gasteiger partial charge in [0.2, 0.25) is 5.91 Å². The molecule has 5 heteroatoms. The number of nitrogens with one attached hydrogen (secondary N) is 1. The van der Waals surface area contributed by atoms with E-state index in [2.05, 4.69) is 10.3 Å². The summed E-state index contributed by atoms with van der Waals surface area (Å²) in [5.74, 6) is -0.101. The van der Waals surface area contributed by atoms with Crippen LogP contribution in [-0.2, 0) is 11.3 Å². The van der Waals surface area contributed by atoms with Crippen LogP contribution in [0, 0.1) is 0 Å². The maximum atomic E-state index is 12.4. The van der Waals surface area contributed by atoms with E-state index in [1.54, 1.807) is 6.33 Å². The third kappa shape index (κ3) is 3.46. The molecule has 1 aromatic heterocycles. The first-order valence-electron chi connectivity index (χ1n) is 8.25. The summed E-state index contributed by atoms with van der Waals surface area (Å²) in [7, 11) is 0. The summed E-state index contributed by atoms with van der Waals surface area (Å²) in [6.07, 6.45) is 1.69. The fraction of sp³-hybridized carbons (Fsp3) is 0.0476. The number of anilines is 1. The average Bonchev–Trinajstić information content (AvgIpc) is 3.05. The van der Waals surface area contributed by atoms with Gasteiger partial charge in [0.1, 0.15) is 6.54 Å². The number of halogens is 1. The maximum Gasteiger partial charge on any atom is 0.244 e. The number of hydrogen-bond donors (Lipinski definition) is 1. The molecule has 0 bridgehead atoms. The lowest BCUT2D eigenvalue weighted by Gasteiger charge is -2.09. The third-order valence-corrected chi connectivity index (χ3v) is 4.38. The van der Waals surface area contributed by atoms with E-state index >= 15 is 0 Å². The Morgan fingerprint density at radius 2 is 1.73 bits per heavy atom. The van der Waals surface area contributed by atoms with Gasteiger partial charge in [0.25, 0.3) is 0 Å². The van der Waals surface area contributed by atoms with E-state index in [0.717, 1.165) is 27.8 Å². The van der Waals surface area contributed by atoms with E-state index in [1.165, 1.54) is 0 Å². The highest BCUT2D eigenvalue weighted by Gasteiger charge is 2.08. The van der Waals surface area contributed by atoms with Gasteiger partial charge in [-0.25, -0.2) is 4.98 Å². The van der Waals surface area contributed by atoms with Crippen LogP contribution in [0.15, 0.2) is 79.1 Å². The Balaban J connectivity index is 1.52. The molecular formula is C21H16ClN3O. The van der Waals surface area contributed by atoms with Crippen LogP contribution in [0.3, 0.4) is 0 Å². The molecule has 4 aromatic rings. The maximum absolute atomic E-state index is 12.4. The fourth-order valence-corrected chi connectivity index (χ4v) is 3.13. The van der Waals surface area contributed by atoms with Crippen LogP contribution in [0.5, 0.6) is 0 Å². The molecule has 0 saturated heterocycles. The fourth-order valence-electron chi connectivity index (χ4n) is 2.94. The zero-order chi connectivity index (χ0) is 17.9. The number of hydrogen-bond acceptors (Lipinski definition) is 2. The predicted molar refractivity (Wildman–Crippen MR) is 105 cm³/mol. The average molecular weight is 362 g/mol. The Morgan fingerprint density at radius 1 is 0.962 bits per heavy atom. The van der Waals surface area contributed by atoms with Crippen LogP contribution >= 0.6 is 11.6 Å². The minimum Gasteiger partial charge on any atom is -0.325 e. The summed E-state index contributed by atoms with van der Waals surface area (Å²) in [6, 6.07) is 23.1. The summed E-state index contributed by atoms with van der Waals surface area (Å²) in [6.45, 7) is 0.210. The van der Waals surface area contributed by atoms with Gasteiger partial charge in [-0.3, -0.25) is 4.79 Å². The summed E-state index contributed by atoms with van der Waals surface area (Å²) in [5.41, 5.74) is 4.57. The van der Waals surface area contributed by atoms with Crippen LogP contribution in [0.1, 0.15) is 0 Å². The van der Waals surface area contributed by atoms with Gasteiger partial charge in [0.15, 0.2) is 0 Å². The molecule has 1 heterocycles. The van der Waals surface area contributed by atoms with Gasteiger partial charge >= 0.3 is 0 Å².